The summed E-state index contributed by atoms with van der Waals surface area (Å²) in [6, 6.07) is 11.2. The maximum Gasteiger partial charge on any atom is 0.269 e. The number of guanidine groups is 1. The first kappa shape index (κ1) is 20.3. The summed E-state index contributed by atoms with van der Waals surface area (Å²) in [5, 5.41) is 19.7. The van der Waals surface area contributed by atoms with Crippen molar-refractivity contribution in [1.29, 1.82) is 0 Å². The van der Waals surface area contributed by atoms with Crippen molar-refractivity contribution in [1.82, 2.24) is 15.5 Å². The highest BCUT2D eigenvalue weighted by Gasteiger charge is 2.24. The van der Waals surface area contributed by atoms with Gasteiger partial charge in [0.25, 0.3) is 5.69 Å². The van der Waals surface area contributed by atoms with E-state index in [0.29, 0.717) is 12.6 Å². The largest absolute Gasteiger partial charge is 0.357 e. The van der Waals surface area contributed by atoms with Gasteiger partial charge in [0.2, 0.25) is 0 Å². The van der Waals surface area contributed by atoms with E-state index < -0.39 is 0 Å². The number of nitrogens with zero attached hydrogens (tertiary/aromatic N) is 3. The first-order valence-electron chi connectivity index (χ1n) is 9.70. The minimum atomic E-state index is -0.387. The van der Waals surface area contributed by atoms with Crippen LogP contribution in [0.5, 0.6) is 0 Å². The van der Waals surface area contributed by atoms with Gasteiger partial charge >= 0.3 is 0 Å². The third kappa shape index (κ3) is 5.53. The normalized spacial score (nSPS) is 16.1. The topological polar surface area (TPSA) is 82.8 Å². The lowest BCUT2D eigenvalue weighted by Gasteiger charge is -2.27. The molecule has 1 aliphatic heterocycles. The molecule has 0 aliphatic carbocycles. The molecule has 1 atom stereocenters. The number of hydrogen-bond acceptors (Lipinski definition) is 5. The van der Waals surface area contributed by atoms with Crippen LogP contribution in [0, 0.1) is 10.1 Å². The van der Waals surface area contributed by atoms with Crippen molar-refractivity contribution in [2.24, 2.45) is 4.99 Å². The molecule has 0 radical (unpaired) electrons. The van der Waals surface area contributed by atoms with Gasteiger partial charge in [-0.1, -0.05) is 18.2 Å². The van der Waals surface area contributed by atoms with Gasteiger partial charge in [-0.05, 0) is 49.9 Å². The maximum absolute atomic E-state index is 10.8. The minimum Gasteiger partial charge on any atom is -0.357 e. The van der Waals surface area contributed by atoms with E-state index >= 15 is 0 Å². The van der Waals surface area contributed by atoms with Crippen LogP contribution in [0.2, 0.25) is 0 Å². The molecule has 8 heteroatoms. The van der Waals surface area contributed by atoms with E-state index in [2.05, 4.69) is 38.0 Å². The Bertz CT molecular complexity index is 770. The van der Waals surface area contributed by atoms with Crippen LogP contribution in [0.1, 0.15) is 36.2 Å². The average Bonchev–Trinajstić information content (AvgIpc) is 3.41. The zero-order chi connectivity index (χ0) is 19.8. The van der Waals surface area contributed by atoms with Gasteiger partial charge < -0.3 is 10.6 Å². The van der Waals surface area contributed by atoms with Gasteiger partial charge in [-0.15, -0.1) is 11.3 Å². The molecule has 2 N–H and O–H groups in total. The second kappa shape index (κ2) is 10.2. The lowest BCUT2D eigenvalue weighted by atomic mass is 10.2. The van der Waals surface area contributed by atoms with Crippen LogP contribution in [-0.4, -0.2) is 42.0 Å². The molecule has 2 aromatic rings. The summed E-state index contributed by atoms with van der Waals surface area (Å²) in [4.78, 5) is 19.0. The number of non-ortho nitro benzene ring substituents is 1. The average molecular weight is 402 g/mol. The highest BCUT2D eigenvalue weighted by atomic mass is 32.1. The number of benzene rings is 1. The Labute approximate surface area is 169 Å². The maximum atomic E-state index is 10.8. The number of nitrogens with one attached hydrogen (secondary N) is 2. The van der Waals surface area contributed by atoms with Crippen LogP contribution in [0.4, 0.5) is 5.69 Å². The predicted molar refractivity (Wildman–Crippen MR) is 114 cm³/mol. The van der Waals surface area contributed by atoms with Crippen molar-refractivity contribution in [3.63, 3.8) is 0 Å². The van der Waals surface area contributed by atoms with E-state index in [1.165, 1.54) is 29.9 Å². The Kier molecular flexibility index (Phi) is 7.39. The Morgan fingerprint density at radius 3 is 2.61 bits per heavy atom. The van der Waals surface area contributed by atoms with E-state index in [1.807, 2.05) is 6.92 Å². The monoisotopic (exact) mass is 401 g/mol. The number of aliphatic imine (C=N–C) groups is 1. The molecule has 1 saturated heterocycles. The standard InChI is InChI=1S/C20H27N5O2S/c1-2-21-20(22-14-16-7-9-17(10-8-16)25(26)27)23-15-18(19-6-5-13-28-19)24-11-3-4-12-24/h5-10,13,18H,2-4,11-12,14-15H2,1H3,(H2,21,22,23). The molecule has 1 unspecified atom stereocenters. The van der Waals surface area contributed by atoms with E-state index in [0.717, 1.165) is 37.7 Å². The molecule has 1 fully saturated rings. The second-order valence-corrected chi connectivity index (χ2v) is 7.75. The summed E-state index contributed by atoms with van der Waals surface area (Å²) in [6.45, 7) is 6.37. The van der Waals surface area contributed by atoms with Crippen LogP contribution < -0.4 is 10.6 Å². The number of hydrogen-bond donors (Lipinski definition) is 2. The summed E-state index contributed by atoms with van der Waals surface area (Å²) in [7, 11) is 0. The first-order chi connectivity index (χ1) is 13.7. The van der Waals surface area contributed by atoms with Crippen LogP contribution in [0.3, 0.4) is 0 Å². The Morgan fingerprint density at radius 2 is 2.00 bits per heavy atom. The molecule has 0 saturated carbocycles. The highest BCUT2D eigenvalue weighted by Crippen LogP contribution is 2.27. The van der Waals surface area contributed by atoms with Crippen molar-refractivity contribution >= 4 is 23.0 Å². The van der Waals surface area contributed by atoms with Crippen molar-refractivity contribution in [3.8, 4) is 0 Å². The van der Waals surface area contributed by atoms with Crippen LogP contribution in [-0.2, 0) is 6.54 Å². The van der Waals surface area contributed by atoms with Gasteiger partial charge in [-0.25, -0.2) is 4.99 Å². The van der Waals surface area contributed by atoms with Crippen molar-refractivity contribution < 1.29 is 4.92 Å². The lowest BCUT2D eigenvalue weighted by molar-refractivity contribution is -0.384. The molecule has 3 rings (SSSR count). The fourth-order valence-corrected chi connectivity index (χ4v) is 4.23. The van der Waals surface area contributed by atoms with Gasteiger partial charge in [0.05, 0.1) is 17.5 Å². The number of likely N-dealkylation sites (tertiary alicyclic amines) is 1. The van der Waals surface area contributed by atoms with Crippen molar-refractivity contribution in [3.05, 3.63) is 62.3 Å². The van der Waals surface area contributed by atoms with Gasteiger partial charge in [0.15, 0.2) is 5.96 Å². The molecule has 150 valence electrons. The summed E-state index contributed by atoms with van der Waals surface area (Å²) in [6.07, 6.45) is 2.52. The SMILES string of the molecule is CCNC(=NCc1ccc([N+](=O)[O-])cc1)NCC(c1cccs1)N1CCCC1. The Balaban J connectivity index is 1.63. The first-order valence-corrected chi connectivity index (χ1v) is 10.6. The fraction of sp³-hybridized carbons (Fsp3) is 0.450. The molecular weight excluding hydrogens is 374 g/mol. The minimum absolute atomic E-state index is 0.0992. The van der Waals surface area contributed by atoms with Gasteiger partial charge in [-0.3, -0.25) is 15.0 Å². The van der Waals surface area contributed by atoms with E-state index in [4.69, 9.17) is 0 Å². The quantitative estimate of drug-likeness (QED) is 0.306. The zero-order valence-electron chi connectivity index (χ0n) is 16.1. The Morgan fingerprint density at radius 1 is 1.25 bits per heavy atom. The number of thiophene rings is 1. The number of rotatable bonds is 8. The van der Waals surface area contributed by atoms with Gasteiger partial charge in [-0.2, -0.15) is 0 Å². The molecule has 7 nitrogen and oxygen atoms in total. The molecule has 1 aromatic carbocycles. The molecule has 0 bridgehead atoms. The Hall–Kier alpha value is -2.45. The molecule has 28 heavy (non-hydrogen) atoms. The summed E-state index contributed by atoms with van der Waals surface area (Å²) in [5.74, 6) is 0.765. The summed E-state index contributed by atoms with van der Waals surface area (Å²) in [5.41, 5.74) is 1.04. The van der Waals surface area contributed by atoms with Gasteiger partial charge in [0.1, 0.15) is 0 Å². The summed E-state index contributed by atoms with van der Waals surface area (Å²) >= 11 is 1.80. The number of nitro benzene ring substituents is 1. The molecule has 1 aromatic heterocycles. The van der Waals surface area contributed by atoms with Crippen molar-refractivity contribution in [2.45, 2.75) is 32.4 Å². The van der Waals surface area contributed by atoms with E-state index in [-0.39, 0.29) is 10.6 Å². The number of nitro groups is 1. The third-order valence-corrected chi connectivity index (χ3v) is 5.80. The van der Waals surface area contributed by atoms with Crippen molar-refractivity contribution in [2.75, 3.05) is 26.2 Å². The fourth-order valence-electron chi connectivity index (χ4n) is 3.37. The molecule has 2 heterocycles. The third-order valence-electron chi connectivity index (χ3n) is 4.83. The van der Waals surface area contributed by atoms with Gasteiger partial charge in [0, 0.05) is 30.1 Å². The van der Waals surface area contributed by atoms with Crippen LogP contribution in [0.25, 0.3) is 0 Å². The molecular formula is C20H27N5O2S. The lowest BCUT2D eigenvalue weighted by Crippen LogP contribution is -2.42. The van der Waals surface area contributed by atoms with E-state index in [9.17, 15) is 10.1 Å². The molecule has 0 spiro atoms. The van der Waals surface area contributed by atoms with E-state index in [1.54, 1.807) is 23.5 Å². The molecule has 1 aliphatic rings. The predicted octanol–water partition coefficient (Wildman–Crippen LogP) is 3.55. The second-order valence-electron chi connectivity index (χ2n) is 6.77. The summed E-state index contributed by atoms with van der Waals surface area (Å²) < 4.78 is 0. The van der Waals surface area contributed by atoms with Crippen LogP contribution in [0.15, 0.2) is 46.8 Å². The smallest absolute Gasteiger partial charge is 0.269 e. The highest BCUT2D eigenvalue weighted by molar-refractivity contribution is 7.10. The van der Waals surface area contributed by atoms with Crippen LogP contribution >= 0.6 is 11.3 Å². The molecule has 0 amide bonds. The zero-order valence-corrected chi connectivity index (χ0v) is 17.0.